The second-order valence-electron chi connectivity index (χ2n) is 15.3. The highest BCUT2D eigenvalue weighted by Crippen LogP contribution is 2.51. The van der Waals surface area contributed by atoms with E-state index in [1.807, 2.05) is 0 Å². The van der Waals surface area contributed by atoms with E-state index in [4.69, 9.17) is 0 Å². The minimum atomic E-state index is -0.0651. The fourth-order valence-electron chi connectivity index (χ4n) is 8.98. The van der Waals surface area contributed by atoms with E-state index in [0.717, 1.165) is 5.69 Å². The van der Waals surface area contributed by atoms with Gasteiger partial charge in [0, 0.05) is 22.5 Å². The van der Waals surface area contributed by atoms with Crippen molar-refractivity contribution in [2.75, 3.05) is 4.90 Å². The highest BCUT2D eigenvalue weighted by atomic mass is 15.1. The van der Waals surface area contributed by atoms with E-state index in [1.54, 1.807) is 0 Å². The number of fused-ring (bicyclic) bond motifs is 4. The fraction of sp³-hybridized carbons (Fsp3) is 0.200. The average molecular weight is 660 g/mol. The van der Waals surface area contributed by atoms with Gasteiger partial charge in [-0.05, 0) is 141 Å². The van der Waals surface area contributed by atoms with Crippen LogP contribution in [0, 0.1) is 6.92 Å². The maximum atomic E-state index is 2.45. The van der Waals surface area contributed by atoms with E-state index in [0.29, 0.717) is 5.92 Å². The number of nitrogens with zero attached hydrogens (tertiary/aromatic N) is 1. The standard InChI is InChI=1S/C50H45N/c1-34-13-7-10-18-43(34)47-32-39-17-9-8-16-38(39)31-46(47)37-23-27-41(28-24-37)51(40-25-21-36(22-26-40)35-14-5-4-6-15-35)42-29-30-45-44-19-11-12-20-48(44)50(2,3)49(45)33-42/h7-13,16-33,35H,4-6,14-15H2,1-3H3. The number of hydrogen-bond donors (Lipinski definition) is 0. The summed E-state index contributed by atoms with van der Waals surface area (Å²) in [6.45, 7) is 6.95. The summed E-state index contributed by atoms with van der Waals surface area (Å²) in [5.74, 6) is 0.684. The number of rotatable bonds is 6. The summed E-state index contributed by atoms with van der Waals surface area (Å²) in [5, 5.41) is 2.52. The van der Waals surface area contributed by atoms with Gasteiger partial charge in [-0.3, -0.25) is 0 Å². The monoisotopic (exact) mass is 659 g/mol. The Morgan fingerprint density at radius 3 is 1.75 bits per heavy atom. The topological polar surface area (TPSA) is 3.24 Å². The van der Waals surface area contributed by atoms with Crippen LogP contribution in [0.5, 0.6) is 0 Å². The Kier molecular flexibility index (Phi) is 7.88. The summed E-state index contributed by atoms with van der Waals surface area (Å²) in [5.41, 5.74) is 16.8. The maximum Gasteiger partial charge on any atom is 0.0465 e. The van der Waals surface area contributed by atoms with E-state index in [-0.39, 0.29) is 5.41 Å². The highest BCUT2D eigenvalue weighted by molar-refractivity contribution is 5.97. The van der Waals surface area contributed by atoms with Crippen molar-refractivity contribution in [3.63, 3.8) is 0 Å². The van der Waals surface area contributed by atoms with Crippen molar-refractivity contribution in [2.45, 2.75) is 64.2 Å². The van der Waals surface area contributed by atoms with Gasteiger partial charge in [0.1, 0.15) is 0 Å². The summed E-state index contributed by atoms with van der Waals surface area (Å²) >= 11 is 0. The zero-order chi connectivity index (χ0) is 34.5. The van der Waals surface area contributed by atoms with Gasteiger partial charge in [-0.1, -0.05) is 136 Å². The Morgan fingerprint density at radius 2 is 1.04 bits per heavy atom. The van der Waals surface area contributed by atoms with Crippen LogP contribution in [0.1, 0.15) is 74.1 Å². The zero-order valence-corrected chi connectivity index (χ0v) is 30.0. The maximum absolute atomic E-state index is 2.45. The fourth-order valence-corrected chi connectivity index (χ4v) is 8.98. The van der Waals surface area contributed by atoms with Gasteiger partial charge >= 0.3 is 0 Å². The molecule has 0 spiro atoms. The van der Waals surface area contributed by atoms with E-state index in [9.17, 15) is 0 Å². The van der Waals surface area contributed by atoms with Gasteiger partial charge in [-0.15, -0.1) is 0 Å². The van der Waals surface area contributed by atoms with E-state index in [2.05, 4.69) is 177 Å². The van der Waals surface area contributed by atoms with Crippen LogP contribution < -0.4 is 4.90 Å². The molecule has 7 aromatic rings. The van der Waals surface area contributed by atoms with E-state index in [1.165, 1.54) is 110 Å². The lowest BCUT2D eigenvalue weighted by Crippen LogP contribution is -2.16. The predicted octanol–water partition coefficient (Wildman–Crippen LogP) is 14.3. The first-order valence-corrected chi connectivity index (χ1v) is 18.8. The minimum Gasteiger partial charge on any atom is -0.310 e. The number of hydrogen-bond acceptors (Lipinski definition) is 1. The zero-order valence-electron chi connectivity index (χ0n) is 30.0. The molecule has 0 bridgehead atoms. The minimum absolute atomic E-state index is 0.0651. The van der Waals surface area contributed by atoms with Crippen LogP contribution in [0.25, 0.3) is 44.2 Å². The quantitative estimate of drug-likeness (QED) is 0.172. The van der Waals surface area contributed by atoms with E-state index >= 15 is 0 Å². The van der Waals surface area contributed by atoms with Crippen LogP contribution in [0.2, 0.25) is 0 Å². The Balaban J connectivity index is 1.16. The lowest BCUT2D eigenvalue weighted by Gasteiger charge is -2.29. The second-order valence-corrected chi connectivity index (χ2v) is 15.3. The molecule has 2 aliphatic carbocycles. The average Bonchev–Trinajstić information content (AvgIpc) is 3.41. The molecule has 1 fully saturated rings. The van der Waals surface area contributed by atoms with Crippen molar-refractivity contribution in [2.24, 2.45) is 0 Å². The van der Waals surface area contributed by atoms with Crippen molar-refractivity contribution < 1.29 is 0 Å². The predicted molar refractivity (Wildman–Crippen MR) is 218 cm³/mol. The Labute approximate surface area is 303 Å². The molecule has 0 unspecified atom stereocenters. The third-order valence-electron chi connectivity index (χ3n) is 11.8. The first kappa shape index (κ1) is 31.6. The molecule has 0 N–H and O–H groups in total. The van der Waals surface area contributed by atoms with Crippen molar-refractivity contribution in [3.8, 4) is 33.4 Å². The van der Waals surface area contributed by atoms with Crippen molar-refractivity contribution in [1.29, 1.82) is 0 Å². The molecule has 9 rings (SSSR count). The SMILES string of the molecule is Cc1ccccc1-c1cc2ccccc2cc1-c1ccc(N(c2ccc(C3CCCCC3)cc2)c2ccc3c(c2)C(C)(C)c2ccccc2-3)cc1. The molecule has 1 nitrogen and oxygen atoms in total. The van der Waals surface area contributed by atoms with Crippen LogP contribution in [0.3, 0.4) is 0 Å². The molecule has 7 aromatic carbocycles. The number of anilines is 3. The molecule has 0 saturated heterocycles. The molecule has 1 saturated carbocycles. The largest absolute Gasteiger partial charge is 0.310 e. The Bertz CT molecular complexity index is 2370. The van der Waals surface area contributed by atoms with Crippen LogP contribution in [0.15, 0.2) is 152 Å². The molecule has 2 aliphatic rings. The Morgan fingerprint density at radius 1 is 0.471 bits per heavy atom. The van der Waals surface area contributed by atoms with Crippen LogP contribution in [-0.4, -0.2) is 0 Å². The first-order chi connectivity index (χ1) is 25.0. The molecule has 0 radical (unpaired) electrons. The number of aryl methyl sites for hydroxylation is 1. The molecule has 1 heteroatoms. The van der Waals surface area contributed by atoms with Crippen LogP contribution in [-0.2, 0) is 5.41 Å². The lowest BCUT2D eigenvalue weighted by molar-refractivity contribution is 0.443. The van der Waals surface area contributed by atoms with Gasteiger partial charge in [0.2, 0.25) is 0 Å². The van der Waals surface area contributed by atoms with E-state index < -0.39 is 0 Å². The number of benzene rings is 7. The van der Waals surface area contributed by atoms with Gasteiger partial charge < -0.3 is 4.90 Å². The molecule has 0 aromatic heterocycles. The van der Waals surface area contributed by atoms with Gasteiger partial charge in [0.25, 0.3) is 0 Å². The molecular weight excluding hydrogens is 615 g/mol. The summed E-state index contributed by atoms with van der Waals surface area (Å²) in [4.78, 5) is 2.45. The molecule has 51 heavy (non-hydrogen) atoms. The third kappa shape index (κ3) is 5.56. The molecule has 0 heterocycles. The normalized spacial score (nSPS) is 15.0. The van der Waals surface area contributed by atoms with Crippen LogP contribution in [0.4, 0.5) is 17.1 Å². The second kappa shape index (κ2) is 12.7. The van der Waals surface area contributed by atoms with Crippen LogP contribution >= 0.6 is 0 Å². The molecule has 0 aliphatic heterocycles. The molecular formula is C50H45N. The van der Waals surface area contributed by atoms with Gasteiger partial charge in [0.15, 0.2) is 0 Å². The summed E-state index contributed by atoms with van der Waals surface area (Å²) in [7, 11) is 0. The summed E-state index contributed by atoms with van der Waals surface area (Å²) in [6.07, 6.45) is 6.69. The summed E-state index contributed by atoms with van der Waals surface area (Å²) < 4.78 is 0. The van der Waals surface area contributed by atoms with Crippen molar-refractivity contribution >= 4 is 27.8 Å². The lowest BCUT2D eigenvalue weighted by atomic mass is 9.82. The highest BCUT2D eigenvalue weighted by Gasteiger charge is 2.35. The molecule has 0 amide bonds. The van der Waals surface area contributed by atoms with Crippen molar-refractivity contribution in [1.82, 2.24) is 0 Å². The van der Waals surface area contributed by atoms with Gasteiger partial charge in [-0.25, -0.2) is 0 Å². The smallest absolute Gasteiger partial charge is 0.0465 e. The molecule has 250 valence electrons. The van der Waals surface area contributed by atoms with Crippen molar-refractivity contribution in [3.05, 3.63) is 174 Å². The van der Waals surface area contributed by atoms with Gasteiger partial charge in [-0.2, -0.15) is 0 Å². The summed E-state index contributed by atoms with van der Waals surface area (Å²) in [6, 6.07) is 57.0. The third-order valence-corrected chi connectivity index (χ3v) is 11.8. The Hall–Kier alpha value is -5.40. The first-order valence-electron chi connectivity index (χ1n) is 18.8. The van der Waals surface area contributed by atoms with Gasteiger partial charge in [0.05, 0.1) is 0 Å². The molecule has 0 atom stereocenters.